The third-order valence-corrected chi connectivity index (χ3v) is 3.60. The van der Waals surface area contributed by atoms with Crippen LogP contribution in [-0.4, -0.2) is 16.5 Å². The van der Waals surface area contributed by atoms with E-state index in [1.165, 1.54) is 12.1 Å². The Morgan fingerprint density at radius 3 is 2.81 bits per heavy atom. The van der Waals surface area contributed by atoms with Gasteiger partial charge in [-0.25, -0.2) is 4.39 Å². The van der Waals surface area contributed by atoms with E-state index in [-0.39, 0.29) is 11.9 Å². The summed E-state index contributed by atoms with van der Waals surface area (Å²) in [7, 11) is 0. The highest BCUT2D eigenvalue weighted by Gasteiger charge is 2.10. The summed E-state index contributed by atoms with van der Waals surface area (Å²) < 4.78 is 13.2. The lowest BCUT2D eigenvalue weighted by molar-refractivity contribution is 0.629. The van der Waals surface area contributed by atoms with Gasteiger partial charge in [-0.05, 0) is 37.2 Å². The molecule has 0 amide bonds. The standard InChI is InChI=1S/C16H17FN4/c17-11-2-3-12-13(9-21-16(12)7-11)10-1-4-15(20-8-10)14(19)5-6-18/h1-4,7-9,14,21H,5-6,18-19H2. The fraction of sp³-hybridized carbons (Fsp3) is 0.188. The highest BCUT2D eigenvalue weighted by molar-refractivity contribution is 5.95. The van der Waals surface area contributed by atoms with Crippen molar-refractivity contribution in [1.82, 2.24) is 9.97 Å². The van der Waals surface area contributed by atoms with E-state index in [9.17, 15) is 4.39 Å². The Kier molecular flexibility index (Phi) is 3.68. The zero-order chi connectivity index (χ0) is 14.8. The van der Waals surface area contributed by atoms with Gasteiger partial charge in [-0.1, -0.05) is 6.07 Å². The number of pyridine rings is 1. The first-order chi connectivity index (χ1) is 10.2. The normalized spacial score (nSPS) is 12.7. The number of aromatic amines is 1. The van der Waals surface area contributed by atoms with Crippen LogP contribution in [0.3, 0.4) is 0 Å². The molecule has 2 aromatic heterocycles. The summed E-state index contributed by atoms with van der Waals surface area (Å²) in [6.07, 6.45) is 4.36. The molecule has 2 heterocycles. The van der Waals surface area contributed by atoms with Gasteiger partial charge < -0.3 is 16.5 Å². The van der Waals surface area contributed by atoms with E-state index in [2.05, 4.69) is 9.97 Å². The smallest absolute Gasteiger partial charge is 0.125 e. The number of nitrogens with zero attached hydrogens (tertiary/aromatic N) is 1. The molecule has 0 fully saturated rings. The van der Waals surface area contributed by atoms with Gasteiger partial charge in [0.1, 0.15) is 5.82 Å². The molecule has 0 aliphatic heterocycles. The summed E-state index contributed by atoms with van der Waals surface area (Å²) in [5.41, 5.74) is 15.1. The van der Waals surface area contributed by atoms with Crippen LogP contribution in [0.1, 0.15) is 18.2 Å². The maximum absolute atomic E-state index is 13.2. The molecular formula is C16H17FN4. The number of hydrogen-bond acceptors (Lipinski definition) is 3. The molecule has 3 aromatic rings. The van der Waals surface area contributed by atoms with E-state index >= 15 is 0 Å². The minimum Gasteiger partial charge on any atom is -0.360 e. The van der Waals surface area contributed by atoms with Crippen molar-refractivity contribution in [1.29, 1.82) is 0 Å². The Hall–Kier alpha value is -2.24. The first-order valence-electron chi connectivity index (χ1n) is 6.87. The number of nitrogens with two attached hydrogens (primary N) is 2. The average molecular weight is 284 g/mol. The predicted octanol–water partition coefficient (Wildman–Crippen LogP) is 2.72. The van der Waals surface area contributed by atoms with E-state index in [1.807, 2.05) is 18.3 Å². The topological polar surface area (TPSA) is 80.7 Å². The zero-order valence-electron chi connectivity index (χ0n) is 11.5. The van der Waals surface area contributed by atoms with Crippen molar-refractivity contribution in [2.45, 2.75) is 12.5 Å². The molecule has 0 aliphatic rings. The molecule has 5 heteroatoms. The van der Waals surface area contributed by atoms with Crippen LogP contribution >= 0.6 is 0 Å². The van der Waals surface area contributed by atoms with E-state index in [0.29, 0.717) is 13.0 Å². The number of hydrogen-bond donors (Lipinski definition) is 3. The number of H-pyrrole nitrogens is 1. The van der Waals surface area contributed by atoms with E-state index < -0.39 is 0 Å². The highest BCUT2D eigenvalue weighted by Crippen LogP contribution is 2.29. The SMILES string of the molecule is NCCC(N)c1ccc(-c2c[nH]c3cc(F)ccc23)cn1. The summed E-state index contributed by atoms with van der Waals surface area (Å²) in [4.78, 5) is 7.49. The Morgan fingerprint density at radius 2 is 2.10 bits per heavy atom. The second kappa shape index (κ2) is 5.63. The molecule has 4 nitrogen and oxygen atoms in total. The summed E-state index contributed by atoms with van der Waals surface area (Å²) in [5.74, 6) is -0.253. The average Bonchev–Trinajstić information content (AvgIpc) is 2.90. The summed E-state index contributed by atoms with van der Waals surface area (Å²) in [6, 6.07) is 8.46. The van der Waals surface area contributed by atoms with Gasteiger partial charge >= 0.3 is 0 Å². The summed E-state index contributed by atoms with van der Waals surface area (Å²) in [5, 5.41) is 0.970. The van der Waals surface area contributed by atoms with Gasteiger partial charge in [0.25, 0.3) is 0 Å². The molecule has 5 N–H and O–H groups in total. The first kappa shape index (κ1) is 13.7. The molecule has 1 atom stereocenters. The third-order valence-electron chi connectivity index (χ3n) is 3.60. The predicted molar refractivity (Wildman–Crippen MR) is 82.1 cm³/mol. The number of rotatable bonds is 4. The van der Waals surface area contributed by atoms with Gasteiger partial charge in [0.05, 0.1) is 5.69 Å². The molecule has 0 aliphatic carbocycles. The lowest BCUT2D eigenvalue weighted by atomic mass is 10.0. The number of fused-ring (bicyclic) bond motifs is 1. The van der Waals surface area contributed by atoms with Gasteiger partial charge in [0, 0.05) is 40.5 Å². The first-order valence-corrected chi connectivity index (χ1v) is 6.87. The molecule has 108 valence electrons. The largest absolute Gasteiger partial charge is 0.360 e. The van der Waals surface area contributed by atoms with Gasteiger partial charge in [0.2, 0.25) is 0 Å². The van der Waals surface area contributed by atoms with Crippen molar-refractivity contribution in [3.05, 3.63) is 54.2 Å². The quantitative estimate of drug-likeness (QED) is 0.689. The van der Waals surface area contributed by atoms with E-state index in [0.717, 1.165) is 27.7 Å². The van der Waals surface area contributed by atoms with Gasteiger partial charge in [-0.15, -0.1) is 0 Å². The number of aromatic nitrogens is 2. The number of halogens is 1. The number of nitrogens with one attached hydrogen (secondary N) is 1. The fourth-order valence-corrected chi connectivity index (χ4v) is 2.45. The monoisotopic (exact) mass is 284 g/mol. The molecule has 1 aromatic carbocycles. The van der Waals surface area contributed by atoms with E-state index in [4.69, 9.17) is 11.5 Å². The van der Waals surface area contributed by atoms with Crippen LogP contribution < -0.4 is 11.5 Å². The molecular weight excluding hydrogens is 267 g/mol. The van der Waals surface area contributed by atoms with Crippen LogP contribution in [0.25, 0.3) is 22.0 Å². The maximum Gasteiger partial charge on any atom is 0.125 e. The number of benzene rings is 1. The van der Waals surface area contributed by atoms with Crippen molar-refractivity contribution in [3.8, 4) is 11.1 Å². The second-order valence-corrected chi connectivity index (χ2v) is 5.05. The molecule has 3 rings (SSSR count). The van der Waals surface area contributed by atoms with Crippen LogP contribution in [0.4, 0.5) is 4.39 Å². The lowest BCUT2D eigenvalue weighted by Crippen LogP contribution is -2.16. The van der Waals surface area contributed by atoms with Crippen LogP contribution in [0, 0.1) is 5.82 Å². The fourth-order valence-electron chi connectivity index (χ4n) is 2.45. The Labute approximate surface area is 122 Å². The zero-order valence-corrected chi connectivity index (χ0v) is 11.5. The van der Waals surface area contributed by atoms with Crippen LogP contribution in [0.5, 0.6) is 0 Å². The highest BCUT2D eigenvalue weighted by atomic mass is 19.1. The van der Waals surface area contributed by atoms with Crippen LogP contribution in [0.15, 0.2) is 42.7 Å². The van der Waals surface area contributed by atoms with Crippen molar-refractivity contribution in [2.24, 2.45) is 11.5 Å². The Balaban J connectivity index is 1.96. The minimum absolute atomic E-state index is 0.138. The molecule has 0 radical (unpaired) electrons. The van der Waals surface area contributed by atoms with Gasteiger partial charge in [-0.3, -0.25) is 4.98 Å². The Morgan fingerprint density at radius 1 is 1.24 bits per heavy atom. The van der Waals surface area contributed by atoms with Crippen molar-refractivity contribution < 1.29 is 4.39 Å². The minimum atomic E-state index is -0.253. The lowest BCUT2D eigenvalue weighted by Gasteiger charge is -2.10. The summed E-state index contributed by atoms with van der Waals surface area (Å²) in [6.45, 7) is 0.540. The van der Waals surface area contributed by atoms with Gasteiger partial charge in [0.15, 0.2) is 0 Å². The van der Waals surface area contributed by atoms with Gasteiger partial charge in [-0.2, -0.15) is 0 Å². The second-order valence-electron chi connectivity index (χ2n) is 5.05. The van der Waals surface area contributed by atoms with Crippen molar-refractivity contribution in [3.63, 3.8) is 0 Å². The maximum atomic E-state index is 13.2. The molecule has 0 saturated heterocycles. The summed E-state index contributed by atoms with van der Waals surface area (Å²) >= 11 is 0. The molecule has 1 unspecified atom stereocenters. The van der Waals surface area contributed by atoms with Crippen molar-refractivity contribution >= 4 is 10.9 Å². The third kappa shape index (κ3) is 2.66. The van der Waals surface area contributed by atoms with Crippen LogP contribution in [-0.2, 0) is 0 Å². The molecule has 0 bridgehead atoms. The molecule has 21 heavy (non-hydrogen) atoms. The van der Waals surface area contributed by atoms with E-state index in [1.54, 1.807) is 12.3 Å². The molecule has 0 spiro atoms. The molecule has 0 saturated carbocycles. The van der Waals surface area contributed by atoms with Crippen molar-refractivity contribution in [2.75, 3.05) is 6.54 Å². The Bertz CT molecular complexity index is 749. The van der Waals surface area contributed by atoms with Crippen LogP contribution in [0.2, 0.25) is 0 Å².